The Hall–Kier alpha value is -3.48. The van der Waals surface area contributed by atoms with E-state index in [1.165, 1.54) is 6.07 Å². The predicted octanol–water partition coefficient (Wildman–Crippen LogP) is 2.73. The monoisotopic (exact) mass is 396 g/mol. The van der Waals surface area contributed by atoms with Gasteiger partial charge in [-0.25, -0.2) is 0 Å². The summed E-state index contributed by atoms with van der Waals surface area (Å²) < 4.78 is 17.9. The predicted molar refractivity (Wildman–Crippen MR) is 111 cm³/mol. The Morgan fingerprint density at radius 3 is 2.55 bits per heavy atom. The molecule has 0 aliphatic carbocycles. The average Bonchev–Trinajstić information content (AvgIpc) is 2.75. The molecule has 1 amide bonds. The highest BCUT2D eigenvalue weighted by Gasteiger charge is 2.11. The number of nitrogens with one attached hydrogen (secondary N) is 1. The first-order valence-corrected chi connectivity index (χ1v) is 9.30. The number of para-hydroxylation sites is 1. The van der Waals surface area contributed by atoms with Crippen LogP contribution in [0.1, 0.15) is 12.5 Å². The molecule has 0 bridgehead atoms. The first-order valence-electron chi connectivity index (χ1n) is 9.30. The third-order valence-electron chi connectivity index (χ3n) is 4.62. The molecule has 29 heavy (non-hydrogen) atoms. The minimum absolute atomic E-state index is 0.164. The zero-order valence-electron chi connectivity index (χ0n) is 16.7. The smallest absolute Gasteiger partial charge is 0.258 e. The van der Waals surface area contributed by atoms with Crippen molar-refractivity contribution in [3.05, 3.63) is 64.4 Å². The normalized spacial score (nSPS) is 10.6. The van der Waals surface area contributed by atoms with E-state index >= 15 is 0 Å². The fourth-order valence-electron chi connectivity index (χ4n) is 3.16. The number of rotatable bonds is 8. The number of benzene rings is 2. The second-order valence-corrected chi connectivity index (χ2v) is 6.35. The number of fused-ring (bicyclic) bond motifs is 1. The lowest BCUT2D eigenvalue weighted by Crippen LogP contribution is -2.29. The van der Waals surface area contributed by atoms with Crippen molar-refractivity contribution in [2.45, 2.75) is 20.0 Å². The number of aryl methyl sites for hydroxylation is 1. The number of hydrogen-bond donors (Lipinski definition) is 1. The van der Waals surface area contributed by atoms with Crippen molar-refractivity contribution in [3.8, 4) is 17.2 Å². The van der Waals surface area contributed by atoms with Gasteiger partial charge in [-0.15, -0.1) is 0 Å². The Bertz CT molecular complexity index is 1070. The Morgan fingerprint density at radius 2 is 1.83 bits per heavy atom. The van der Waals surface area contributed by atoms with Crippen molar-refractivity contribution in [1.82, 2.24) is 9.88 Å². The van der Waals surface area contributed by atoms with Gasteiger partial charge in [-0.1, -0.05) is 12.1 Å². The van der Waals surface area contributed by atoms with Gasteiger partial charge in [-0.2, -0.15) is 0 Å². The number of aromatic nitrogens is 1. The summed E-state index contributed by atoms with van der Waals surface area (Å²) in [6.45, 7) is 2.53. The molecule has 0 aliphatic rings. The lowest BCUT2D eigenvalue weighted by Gasteiger charge is -2.14. The molecule has 152 valence electrons. The second kappa shape index (κ2) is 9.14. The fourth-order valence-corrected chi connectivity index (χ4v) is 3.16. The largest absolute Gasteiger partial charge is 0.497 e. The van der Waals surface area contributed by atoms with E-state index < -0.39 is 0 Å². The van der Waals surface area contributed by atoms with Gasteiger partial charge >= 0.3 is 0 Å². The standard InChI is InChI=1S/C22H24N2O5/c1-4-24-18-8-6-5-7-17(18)20(12-22(24)26)29-14-21(25)23-13-15-11-16(27-2)9-10-19(15)28-3/h5-12H,4,13-14H2,1-3H3,(H,23,25). The fraction of sp³-hybridized carbons (Fsp3) is 0.273. The highest BCUT2D eigenvalue weighted by atomic mass is 16.5. The van der Waals surface area contributed by atoms with Crippen LogP contribution in [0.15, 0.2) is 53.3 Å². The number of ether oxygens (including phenoxy) is 3. The Kier molecular flexibility index (Phi) is 6.39. The maximum Gasteiger partial charge on any atom is 0.258 e. The quantitative estimate of drug-likeness (QED) is 0.633. The number of carbonyl (C=O) groups is 1. The molecular weight excluding hydrogens is 372 g/mol. The zero-order valence-corrected chi connectivity index (χ0v) is 16.7. The zero-order chi connectivity index (χ0) is 20.8. The molecule has 0 atom stereocenters. The van der Waals surface area contributed by atoms with Crippen LogP contribution in [0.25, 0.3) is 10.9 Å². The molecule has 3 rings (SSSR count). The molecule has 1 heterocycles. The van der Waals surface area contributed by atoms with Crippen LogP contribution in [0.3, 0.4) is 0 Å². The summed E-state index contributed by atoms with van der Waals surface area (Å²) in [6.07, 6.45) is 0. The van der Waals surface area contributed by atoms with Crippen LogP contribution >= 0.6 is 0 Å². The molecule has 0 unspecified atom stereocenters. The topological polar surface area (TPSA) is 78.8 Å². The summed E-state index contributed by atoms with van der Waals surface area (Å²) in [6, 6.07) is 14.3. The molecule has 2 aromatic carbocycles. The van der Waals surface area contributed by atoms with Gasteiger partial charge in [0.1, 0.15) is 17.2 Å². The van der Waals surface area contributed by atoms with Gasteiger partial charge in [0.15, 0.2) is 6.61 Å². The first-order chi connectivity index (χ1) is 14.1. The maximum atomic E-state index is 12.3. The lowest BCUT2D eigenvalue weighted by molar-refractivity contribution is -0.123. The molecule has 7 nitrogen and oxygen atoms in total. The van der Waals surface area contributed by atoms with E-state index in [1.807, 2.05) is 31.2 Å². The summed E-state index contributed by atoms with van der Waals surface area (Å²) >= 11 is 0. The van der Waals surface area contributed by atoms with Crippen LogP contribution in [0.5, 0.6) is 17.2 Å². The van der Waals surface area contributed by atoms with Crippen molar-refractivity contribution in [2.75, 3.05) is 20.8 Å². The maximum absolute atomic E-state index is 12.3. The highest BCUT2D eigenvalue weighted by molar-refractivity contribution is 5.86. The van der Waals surface area contributed by atoms with Crippen LogP contribution in [0, 0.1) is 0 Å². The van der Waals surface area contributed by atoms with Gasteiger partial charge in [0, 0.05) is 30.1 Å². The van der Waals surface area contributed by atoms with Gasteiger partial charge in [0.2, 0.25) is 0 Å². The molecule has 0 aliphatic heterocycles. The third-order valence-corrected chi connectivity index (χ3v) is 4.62. The van der Waals surface area contributed by atoms with E-state index in [0.717, 1.165) is 16.5 Å². The number of pyridine rings is 1. The lowest BCUT2D eigenvalue weighted by atomic mass is 10.2. The van der Waals surface area contributed by atoms with Crippen LogP contribution in [0.4, 0.5) is 0 Å². The van der Waals surface area contributed by atoms with Gasteiger partial charge in [-0.05, 0) is 37.3 Å². The van der Waals surface area contributed by atoms with E-state index in [-0.39, 0.29) is 24.6 Å². The number of amides is 1. The molecule has 3 aromatic rings. The van der Waals surface area contributed by atoms with Crippen molar-refractivity contribution in [2.24, 2.45) is 0 Å². The van der Waals surface area contributed by atoms with Crippen molar-refractivity contribution >= 4 is 16.8 Å². The van der Waals surface area contributed by atoms with E-state index in [1.54, 1.807) is 37.0 Å². The van der Waals surface area contributed by atoms with Gasteiger partial charge in [0.25, 0.3) is 11.5 Å². The molecule has 0 saturated heterocycles. The van der Waals surface area contributed by atoms with E-state index in [2.05, 4.69) is 5.32 Å². The summed E-state index contributed by atoms with van der Waals surface area (Å²) in [5.74, 6) is 1.42. The van der Waals surface area contributed by atoms with Crippen molar-refractivity contribution in [3.63, 3.8) is 0 Å². The number of carbonyl (C=O) groups excluding carboxylic acids is 1. The van der Waals surface area contributed by atoms with Crippen molar-refractivity contribution in [1.29, 1.82) is 0 Å². The molecular formula is C22H24N2O5. The molecule has 0 saturated carbocycles. The molecule has 0 fully saturated rings. The van der Waals surface area contributed by atoms with Gasteiger partial charge in [0.05, 0.1) is 19.7 Å². The molecule has 1 aromatic heterocycles. The SMILES string of the molecule is CCn1c(=O)cc(OCC(=O)NCc2cc(OC)ccc2OC)c2ccccc21. The summed E-state index contributed by atoms with van der Waals surface area (Å²) in [7, 11) is 3.15. The van der Waals surface area contributed by atoms with E-state index in [4.69, 9.17) is 14.2 Å². The first kappa shape index (κ1) is 20.3. The Morgan fingerprint density at radius 1 is 1.03 bits per heavy atom. The summed E-state index contributed by atoms with van der Waals surface area (Å²) in [5.41, 5.74) is 1.40. The number of nitrogens with zero attached hydrogens (tertiary/aromatic N) is 1. The minimum atomic E-state index is -0.307. The molecule has 1 N–H and O–H groups in total. The van der Waals surface area contributed by atoms with Crippen LogP contribution in [-0.2, 0) is 17.9 Å². The minimum Gasteiger partial charge on any atom is -0.497 e. The van der Waals surface area contributed by atoms with Crippen LogP contribution in [0.2, 0.25) is 0 Å². The van der Waals surface area contributed by atoms with Crippen LogP contribution in [-0.4, -0.2) is 31.3 Å². The Labute approximate surface area is 168 Å². The van der Waals surface area contributed by atoms with E-state index in [0.29, 0.717) is 23.8 Å². The van der Waals surface area contributed by atoms with Crippen molar-refractivity contribution < 1.29 is 19.0 Å². The summed E-state index contributed by atoms with van der Waals surface area (Å²) in [5, 5.41) is 3.59. The second-order valence-electron chi connectivity index (χ2n) is 6.35. The van der Waals surface area contributed by atoms with Gasteiger partial charge in [-0.3, -0.25) is 9.59 Å². The number of methoxy groups -OCH3 is 2. The van der Waals surface area contributed by atoms with E-state index in [9.17, 15) is 9.59 Å². The van der Waals surface area contributed by atoms with Gasteiger partial charge < -0.3 is 24.1 Å². The number of hydrogen-bond acceptors (Lipinski definition) is 5. The Balaban J connectivity index is 1.70. The summed E-state index contributed by atoms with van der Waals surface area (Å²) in [4.78, 5) is 24.6. The third kappa shape index (κ3) is 4.51. The molecule has 0 spiro atoms. The molecule has 0 radical (unpaired) electrons. The van der Waals surface area contributed by atoms with Crippen LogP contribution < -0.4 is 25.1 Å². The molecule has 7 heteroatoms. The highest BCUT2D eigenvalue weighted by Crippen LogP contribution is 2.24. The average molecular weight is 396 g/mol.